The van der Waals surface area contributed by atoms with Crippen molar-refractivity contribution < 1.29 is 13.5 Å². The van der Waals surface area contributed by atoms with Crippen molar-refractivity contribution in [1.82, 2.24) is 4.72 Å². The van der Waals surface area contributed by atoms with Gasteiger partial charge >= 0.3 is 0 Å². The summed E-state index contributed by atoms with van der Waals surface area (Å²) in [5, 5.41) is 12.8. The molecule has 0 heterocycles. The van der Waals surface area contributed by atoms with Gasteiger partial charge in [-0.2, -0.15) is 0 Å². The van der Waals surface area contributed by atoms with Gasteiger partial charge in [0.25, 0.3) is 0 Å². The Bertz CT molecular complexity index is 983. The maximum absolute atomic E-state index is 12.3. The number of rotatable bonds is 6. The Labute approximate surface area is 152 Å². The van der Waals surface area contributed by atoms with Crippen molar-refractivity contribution >= 4 is 32.4 Å². The highest BCUT2D eigenvalue weighted by molar-refractivity contribution is 7.89. The van der Waals surface area contributed by atoms with E-state index < -0.39 is 16.1 Å². The molecule has 0 unspecified atom stereocenters. The van der Waals surface area contributed by atoms with Gasteiger partial charge in [-0.25, -0.2) is 13.1 Å². The van der Waals surface area contributed by atoms with Crippen LogP contribution in [-0.4, -0.2) is 20.1 Å². The van der Waals surface area contributed by atoms with Crippen LogP contribution < -0.4 is 4.72 Å². The first-order chi connectivity index (χ1) is 12.0. The third-order valence-electron chi connectivity index (χ3n) is 4.00. The number of aliphatic hydroxyl groups excluding tert-OH is 1. The van der Waals surface area contributed by atoms with Crippen LogP contribution in [0.5, 0.6) is 0 Å². The molecule has 0 spiro atoms. The first kappa shape index (κ1) is 17.9. The molecule has 3 aromatic rings. The van der Waals surface area contributed by atoms with Crippen LogP contribution in [0.25, 0.3) is 10.8 Å². The molecule has 3 rings (SSSR count). The molecule has 1 atom stereocenters. The first-order valence-electron chi connectivity index (χ1n) is 7.88. The maximum atomic E-state index is 12.3. The van der Waals surface area contributed by atoms with Gasteiger partial charge in [0.2, 0.25) is 10.0 Å². The van der Waals surface area contributed by atoms with E-state index in [-0.39, 0.29) is 17.9 Å². The second-order valence-corrected chi connectivity index (χ2v) is 7.93. The molecule has 0 bridgehead atoms. The van der Waals surface area contributed by atoms with Crippen LogP contribution in [0.1, 0.15) is 18.1 Å². The molecule has 0 radical (unpaired) electrons. The van der Waals surface area contributed by atoms with E-state index in [0.29, 0.717) is 5.02 Å². The van der Waals surface area contributed by atoms with Gasteiger partial charge in [0.15, 0.2) is 0 Å². The lowest BCUT2D eigenvalue weighted by molar-refractivity contribution is 0.170. The third kappa shape index (κ3) is 4.19. The van der Waals surface area contributed by atoms with Crippen molar-refractivity contribution in [2.45, 2.75) is 17.4 Å². The zero-order valence-corrected chi connectivity index (χ0v) is 15.0. The van der Waals surface area contributed by atoms with Gasteiger partial charge in [-0.05, 0) is 41.0 Å². The second kappa shape index (κ2) is 7.54. The summed E-state index contributed by atoms with van der Waals surface area (Å²) in [5.74, 6) is 0. The summed E-state index contributed by atoms with van der Waals surface area (Å²) in [4.78, 5) is 0.111. The van der Waals surface area contributed by atoms with Gasteiger partial charge in [0.05, 0.1) is 11.0 Å². The number of nitrogens with one attached hydrogen (secondary N) is 1. The van der Waals surface area contributed by atoms with Crippen LogP contribution in [-0.2, 0) is 10.0 Å². The summed E-state index contributed by atoms with van der Waals surface area (Å²) in [6, 6.07) is 19.6. The molecule has 0 saturated heterocycles. The molecule has 3 aromatic carbocycles. The molecule has 0 aliphatic heterocycles. The van der Waals surface area contributed by atoms with Gasteiger partial charge in [0.1, 0.15) is 0 Å². The number of hydrogen-bond donors (Lipinski definition) is 2. The monoisotopic (exact) mass is 375 g/mol. The Balaban J connectivity index is 1.69. The maximum Gasteiger partial charge on any atom is 0.240 e. The first-order valence-corrected chi connectivity index (χ1v) is 9.74. The van der Waals surface area contributed by atoms with Crippen molar-refractivity contribution in [2.75, 3.05) is 6.54 Å². The predicted octanol–water partition coefficient (Wildman–Crippen LogP) is 3.90. The van der Waals surface area contributed by atoms with E-state index in [0.717, 1.165) is 16.3 Å². The van der Waals surface area contributed by atoms with E-state index in [1.54, 1.807) is 12.1 Å². The molecule has 0 fully saturated rings. The molecule has 0 aliphatic rings. The molecule has 0 saturated carbocycles. The lowest BCUT2D eigenvalue weighted by atomic mass is 9.99. The molecule has 6 heteroatoms. The van der Waals surface area contributed by atoms with Gasteiger partial charge < -0.3 is 5.11 Å². The zero-order chi connectivity index (χ0) is 17.9. The highest BCUT2D eigenvalue weighted by Crippen LogP contribution is 2.26. The van der Waals surface area contributed by atoms with Crippen LogP contribution in [0.2, 0.25) is 5.02 Å². The summed E-state index contributed by atoms with van der Waals surface area (Å²) < 4.78 is 27.0. The summed E-state index contributed by atoms with van der Waals surface area (Å²) in [5.41, 5.74) is 0.792. The summed E-state index contributed by atoms with van der Waals surface area (Å²) in [7, 11) is -3.65. The Morgan fingerprint density at radius 2 is 1.72 bits per heavy atom. The van der Waals surface area contributed by atoms with E-state index in [1.807, 2.05) is 42.5 Å². The highest BCUT2D eigenvalue weighted by Gasteiger charge is 2.16. The van der Waals surface area contributed by atoms with E-state index in [1.165, 1.54) is 12.1 Å². The van der Waals surface area contributed by atoms with E-state index in [4.69, 9.17) is 11.6 Å². The standard InChI is InChI=1S/C19H18ClNO3S/c20-15-7-4-8-16(13-15)25(23,24)21-12-11-19(22)18-10-3-6-14-5-1-2-9-17(14)18/h1-10,13,19,21-22H,11-12H2/t19-/m1/s1. The fourth-order valence-corrected chi connectivity index (χ4v) is 4.09. The van der Waals surface area contributed by atoms with E-state index in [2.05, 4.69) is 4.72 Å². The van der Waals surface area contributed by atoms with Crippen molar-refractivity contribution in [3.05, 3.63) is 77.3 Å². The molecule has 4 nitrogen and oxygen atoms in total. The predicted molar refractivity (Wildman–Crippen MR) is 100 cm³/mol. The molecule has 0 aromatic heterocycles. The number of hydrogen-bond acceptors (Lipinski definition) is 3. The van der Waals surface area contributed by atoms with Gasteiger partial charge in [-0.1, -0.05) is 60.1 Å². The lowest BCUT2D eigenvalue weighted by Crippen LogP contribution is -2.26. The molecule has 2 N–H and O–H groups in total. The van der Waals surface area contributed by atoms with Crippen LogP contribution >= 0.6 is 11.6 Å². The van der Waals surface area contributed by atoms with Crippen LogP contribution in [0.4, 0.5) is 0 Å². The fraction of sp³-hybridized carbons (Fsp3) is 0.158. The molecular weight excluding hydrogens is 358 g/mol. The minimum Gasteiger partial charge on any atom is -0.388 e. The summed E-state index contributed by atoms with van der Waals surface area (Å²) in [6.45, 7) is 0.124. The largest absolute Gasteiger partial charge is 0.388 e. The summed E-state index contributed by atoms with van der Waals surface area (Å²) >= 11 is 5.84. The molecule has 0 aliphatic carbocycles. The van der Waals surface area contributed by atoms with E-state index >= 15 is 0 Å². The Morgan fingerprint density at radius 3 is 2.52 bits per heavy atom. The molecular formula is C19H18ClNO3S. The van der Waals surface area contributed by atoms with Crippen molar-refractivity contribution in [3.63, 3.8) is 0 Å². The van der Waals surface area contributed by atoms with Crippen LogP contribution in [0.15, 0.2) is 71.6 Å². The molecule has 0 amide bonds. The number of fused-ring (bicyclic) bond motifs is 1. The lowest BCUT2D eigenvalue weighted by Gasteiger charge is -2.14. The second-order valence-electron chi connectivity index (χ2n) is 5.73. The third-order valence-corrected chi connectivity index (χ3v) is 5.69. The Morgan fingerprint density at radius 1 is 1.00 bits per heavy atom. The fourth-order valence-electron chi connectivity index (χ4n) is 2.74. The topological polar surface area (TPSA) is 66.4 Å². The quantitative estimate of drug-likeness (QED) is 0.686. The summed E-state index contributed by atoms with van der Waals surface area (Å²) in [6.07, 6.45) is -0.485. The number of sulfonamides is 1. The Kier molecular flexibility index (Phi) is 5.39. The van der Waals surface area contributed by atoms with Crippen LogP contribution in [0.3, 0.4) is 0 Å². The average Bonchev–Trinajstić information content (AvgIpc) is 2.61. The van der Waals surface area contributed by atoms with Crippen molar-refractivity contribution in [3.8, 4) is 0 Å². The molecule has 130 valence electrons. The Hall–Kier alpha value is -1.92. The SMILES string of the molecule is O=S(=O)(NCC[C@@H](O)c1cccc2ccccc12)c1cccc(Cl)c1. The van der Waals surface area contributed by atoms with Gasteiger partial charge in [-0.3, -0.25) is 0 Å². The number of aliphatic hydroxyl groups is 1. The van der Waals surface area contributed by atoms with Gasteiger partial charge in [0, 0.05) is 11.6 Å². The minimum absolute atomic E-state index is 0.111. The van der Waals surface area contributed by atoms with Gasteiger partial charge in [-0.15, -0.1) is 0 Å². The average molecular weight is 376 g/mol. The van der Waals surface area contributed by atoms with Crippen molar-refractivity contribution in [2.24, 2.45) is 0 Å². The molecule has 25 heavy (non-hydrogen) atoms. The van der Waals surface area contributed by atoms with E-state index in [9.17, 15) is 13.5 Å². The number of benzene rings is 3. The minimum atomic E-state index is -3.65. The zero-order valence-electron chi connectivity index (χ0n) is 13.4. The highest BCUT2D eigenvalue weighted by atomic mass is 35.5. The normalized spacial score (nSPS) is 13.0. The van der Waals surface area contributed by atoms with Crippen molar-refractivity contribution in [1.29, 1.82) is 0 Å². The number of halogens is 1. The van der Waals surface area contributed by atoms with Crippen LogP contribution in [0, 0.1) is 0 Å². The smallest absolute Gasteiger partial charge is 0.240 e.